The number of imidazole rings is 1. The van der Waals surface area contributed by atoms with E-state index in [4.69, 9.17) is 0 Å². The van der Waals surface area contributed by atoms with Crippen LogP contribution in [0.1, 0.15) is 60.2 Å². The Morgan fingerprint density at radius 3 is 2.96 bits per heavy atom. The first-order valence-corrected chi connectivity index (χ1v) is 8.84. The van der Waals surface area contributed by atoms with E-state index in [0.717, 1.165) is 30.0 Å². The molecule has 4 rings (SSSR count). The smallest absolute Gasteiger partial charge is 0.270 e. The van der Waals surface area contributed by atoms with Crippen LogP contribution < -0.4 is 5.32 Å². The summed E-state index contributed by atoms with van der Waals surface area (Å²) in [7, 11) is 0. The van der Waals surface area contributed by atoms with Crippen molar-refractivity contribution in [2.24, 2.45) is 0 Å². The van der Waals surface area contributed by atoms with Gasteiger partial charge in [-0.15, -0.1) is 10.2 Å². The van der Waals surface area contributed by atoms with Gasteiger partial charge >= 0.3 is 0 Å². The van der Waals surface area contributed by atoms with E-state index in [1.54, 1.807) is 6.33 Å². The Balaban J connectivity index is 1.51. The number of nitrogens with one attached hydrogen (secondary N) is 1. The molecule has 130 valence electrons. The number of rotatable bonds is 4. The lowest BCUT2D eigenvalue weighted by Crippen LogP contribution is -2.27. The van der Waals surface area contributed by atoms with Crippen molar-refractivity contribution in [3.05, 3.63) is 47.9 Å². The van der Waals surface area contributed by atoms with Crippen LogP contribution in [-0.4, -0.2) is 30.1 Å². The van der Waals surface area contributed by atoms with Crippen molar-refractivity contribution in [3.8, 4) is 0 Å². The van der Waals surface area contributed by atoms with Gasteiger partial charge in [-0.25, -0.2) is 4.98 Å². The summed E-state index contributed by atoms with van der Waals surface area (Å²) < 4.78 is 3.94. The Labute approximate surface area is 146 Å². The van der Waals surface area contributed by atoms with Gasteiger partial charge < -0.3 is 9.88 Å². The number of carbonyl (C=O) groups is 1. The van der Waals surface area contributed by atoms with E-state index in [1.807, 2.05) is 35.7 Å². The van der Waals surface area contributed by atoms with E-state index in [1.165, 1.54) is 19.3 Å². The number of hydrogen-bond acceptors (Lipinski definition) is 4. The summed E-state index contributed by atoms with van der Waals surface area (Å²) in [5, 5.41) is 11.2. The van der Waals surface area contributed by atoms with Gasteiger partial charge in [0, 0.05) is 12.2 Å². The number of pyridine rings is 1. The number of fused-ring (bicyclic) bond motifs is 1. The van der Waals surface area contributed by atoms with Crippen LogP contribution in [0.3, 0.4) is 0 Å². The Kier molecular flexibility index (Phi) is 4.21. The lowest BCUT2D eigenvalue weighted by Gasteiger charge is -2.24. The highest BCUT2D eigenvalue weighted by Gasteiger charge is 2.20. The minimum atomic E-state index is -0.144. The molecule has 1 amide bonds. The van der Waals surface area contributed by atoms with Crippen LogP contribution in [-0.2, 0) is 6.54 Å². The van der Waals surface area contributed by atoms with Gasteiger partial charge in [-0.2, -0.15) is 0 Å². The normalized spacial score (nSPS) is 15.6. The molecule has 25 heavy (non-hydrogen) atoms. The Bertz CT molecular complexity index is 890. The molecule has 1 saturated carbocycles. The van der Waals surface area contributed by atoms with Crippen LogP contribution >= 0.6 is 0 Å². The van der Waals surface area contributed by atoms with Gasteiger partial charge in [-0.05, 0) is 31.9 Å². The zero-order chi connectivity index (χ0) is 17.2. The zero-order valence-corrected chi connectivity index (χ0v) is 14.4. The second-order valence-corrected chi connectivity index (χ2v) is 6.60. The van der Waals surface area contributed by atoms with E-state index in [-0.39, 0.29) is 5.91 Å². The van der Waals surface area contributed by atoms with Gasteiger partial charge in [-0.3, -0.25) is 9.20 Å². The molecular weight excluding hydrogens is 316 g/mol. The lowest BCUT2D eigenvalue weighted by atomic mass is 9.95. The average molecular weight is 338 g/mol. The van der Waals surface area contributed by atoms with E-state index < -0.39 is 0 Å². The van der Waals surface area contributed by atoms with Gasteiger partial charge in [0.15, 0.2) is 5.82 Å². The summed E-state index contributed by atoms with van der Waals surface area (Å²) in [6.07, 6.45) is 9.76. The van der Waals surface area contributed by atoms with E-state index >= 15 is 0 Å². The molecule has 0 saturated heterocycles. The topological polar surface area (TPSA) is 77.1 Å². The predicted molar refractivity (Wildman–Crippen MR) is 93.2 cm³/mol. The molecule has 1 fully saturated rings. The number of hydrogen-bond donors (Lipinski definition) is 1. The molecule has 3 aromatic rings. The largest absolute Gasteiger partial charge is 0.343 e. The summed E-state index contributed by atoms with van der Waals surface area (Å²) >= 11 is 0. The first kappa shape index (κ1) is 15.8. The number of carbonyl (C=O) groups excluding carboxylic acids is 1. The van der Waals surface area contributed by atoms with Crippen molar-refractivity contribution in [1.29, 1.82) is 0 Å². The summed E-state index contributed by atoms with van der Waals surface area (Å²) in [6.45, 7) is 2.22. The van der Waals surface area contributed by atoms with E-state index in [9.17, 15) is 4.79 Å². The Hall–Kier alpha value is -2.70. The quantitative estimate of drug-likeness (QED) is 0.793. The number of aryl methyl sites for hydroxylation is 1. The SMILES string of the molecule is Cc1nc2ccccn2c1C(=O)NCc1nncn1C1CCCCC1. The third kappa shape index (κ3) is 3.01. The summed E-state index contributed by atoms with van der Waals surface area (Å²) in [4.78, 5) is 17.1. The van der Waals surface area contributed by atoms with Crippen LogP contribution in [0.2, 0.25) is 0 Å². The fourth-order valence-corrected chi connectivity index (χ4v) is 3.69. The van der Waals surface area contributed by atoms with Crippen molar-refractivity contribution < 1.29 is 4.79 Å². The van der Waals surface area contributed by atoms with Crippen LogP contribution in [0, 0.1) is 6.92 Å². The van der Waals surface area contributed by atoms with Gasteiger partial charge in [0.1, 0.15) is 17.7 Å². The Morgan fingerprint density at radius 1 is 1.28 bits per heavy atom. The third-order valence-electron chi connectivity index (χ3n) is 4.94. The molecule has 0 aromatic carbocycles. The first-order chi connectivity index (χ1) is 12.2. The average Bonchev–Trinajstić information content (AvgIpc) is 3.23. The summed E-state index contributed by atoms with van der Waals surface area (Å²) in [5.41, 5.74) is 2.06. The molecule has 7 nitrogen and oxygen atoms in total. The van der Waals surface area contributed by atoms with Crippen molar-refractivity contribution >= 4 is 11.6 Å². The van der Waals surface area contributed by atoms with Crippen molar-refractivity contribution in [3.63, 3.8) is 0 Å². The molecule has 0 bridgehead atoms. The van der Waals surface area contributed by atoms with E-state index in [2.05, 4.69) is 25.1 Å². The van der Waals surface area contributed by atoms with Crippen LogP contribution in [0.5, 0.6) is 0 Å². The third-order valence-corrected chi connectivity index (χ3v) is 4.94. The molecule has 0 spiro atoms. The zero-order valence-electron chi connectivity index (χ0n) is 14.4. The van der Waals surface area contributed by atoms with Gasteiger partial charge in [-0.1, -0.05) is 25.3 Å². The fraction of sp³-hybridized carbons (Fsp3) is 0.444. The van der Waals surface area contributed by atoms with Crippen LogP contribution in [0.4, 0.5) is 0 Å². The molecule has 3 heterocycles. The maximum Gasteiger partial charge on any atom is 0.270 e. The molecule has 7 heteroatoms. The highest BCUT2D eigenvalue weighted by molar-refractivity contribution is 5.94. The molecular formula is C18H22N6O. The number of amides is 1. The molecule has 1 aliphatic rings. The molecule has 0 unspecified atom stereocenters. The Morgan fingerprint density at radius 2 is 2.12 bits per heavy atom. The second kappa shape index (κ2) is 6.66. The van der Waals surface area contributed by atoms with Crippen molar-refractivity contribution in [2.45, 2.75) is 51.6 Å². The van der Waals surface area contributed by atoms with Gasteiger partial charge in [0.05, 0.1) is 12.2 Å². The predicted octanol–water partition coefficient (Wildman–Crippen LogP) is 2.67. The molecule has 1 aliphatic carbocycles. The summed E-state index contributed by atoms with van der Waals surface area (Å²) in [5.74, 6) is 0.668. The second-order valence-electron chi connectivity index (χ2n) is 6.60. The molecule has 3 aromatic heterocycles. The lowest BCUT2D eigenvalue weighted by molar-refractivity contribution is 0.0942. The maximum absolute atomic E-state index is 12.7. The van der Waals surface area contributed by atoms with Crippen LogP contribution in [0.25, 0.3) is 5.65 Å². The molecule has 0 atom stereocenters. The summed E-state index contributed by atoms with van der Waals surface area (Å²) in [6, 6.07) is 6.15. The first-order valence-electron chi connectivity index (χ1n) is 8.84. The standard InChI is InChI=1S/C18H22N6O/c1-13-17(23-10-6-5-9-15(23)21-13)18(25)19-11-16-22-20-12-24(16)14-7-3-2-4-8-14/h5-6,9-10,12,14H,2-4,7-8,11H2,1H3,(H,19,25). The molecule has 0 radical (unpaired) electrons. The number of nitrogens with zero attached hydrogens (tertiary/aromatic N) is 5. The highest BCUT2D eigenvalue weighted by Crippen LogP contribution is 2.28. The molecule has 0 aliphatic heterocycles. The maximum atomic E-state index is 12.7. The monoisotopic (exact) mass is 338 g/mol. The van der Waals surface area contributed by atoms with Gasteiger partial charge in [0.2, 0.25) is 0 Å². The van der Waals surface area contributed by atoms with Gasteiger partial charge in [0.25, 0.3) is 5.91 Å². The van der Waals surface area contributed by atoms with Crippen molar-refractivity contribution in [1.82, 2.24) is 29.5 Å². The minimum Gasteiger partial charge on any atom is -0.343 e. The fourth-order valence-electron chi connectivity index (χ4n) is 3.69. The number of aromatic nitrogens is 5. The van der Waals surface area contributed by atoms with E-state index in [0.29, 0.717) is 18.3 Å². The highest BCUT2D eigenvalue weighted by atomic mass is 16.2. The minimum absolute atomic E-state index is 0.144. The molecule has 1 N–H and O–H groups in total. The van der Waals surface area contributed by atoms with Crippen LogP contribution in [0.15, 0.2) is 30.7 Å². The van der Waals surface area contributed by atoms with Crippen molar-refractivity contribution in [2.75, 3.05) is 0 Å².